The smallest absolute Gasteiger partial charge is 0.435 e. The summed E-state index contributed by atoms with van der Waals surface area (Å²) in [6, 6.07) is 4.70. The predicted molar refractivity (Wildman–Crippen MR) is 123 cm³/mol. The van der Waals surface area contributed by atoms with Crippen molar-refractivity contribution in [2.24, 2.45) is 0 Å². The van der Waals surface area contributed by atoms with E-state index in [2.05, 4.69) is 20.6 Å². The molecule has 0 bridgehead atoms. The van der Waals surface area contributed by atoms with Gasteiger partial charge in [0.25, 0.3) is 11.1 Å². The maximum Gasteiger partial charge on any atom is 0.435 e. The minimum Gasteiger partial charge on any atom is -0.473 e. The summed E-state index contributed by atoms with van der Waals surface area (Å²) in [4.78, 5) is 19.0. The van der Waals surface area contributed by atoms with E-state index in [0.29, 0.717) is 47.4 Å². The maximum absolute atomic E-state index is 13.4. The molecule has 0 aliphatic heterocycles. The van der Waals surface area contributed by atoms with Crippen molar-refractivity contribution in [3.05, 3.63) is 45.6 Å². The quantitative estimate of drug-likeness (QED) is 0.351. The number of pyridine rings is 1. The third-order valence-corrected chi connectivity index (χ3v) is 6.99. The zero-order valence-electron chi connectivity index (χ0n) is 18.6. The van der Waals surface area contributed by atoms with Crippen LogP contribution < -0.4 is 15.4 Å². The summed E-state index contributed by atoms with van der Waals surface area (Å²) in [7, 11) is 1.16. The molecule has 0 spiro atoms. The number of carbonyl (C=O) groups is 1. The summed E-state index contributed by atoms with van der Waals surface area (Å²) in [5.41, 5.74) is -1.98. The molecule has 1 aromatic carbocycles. The maximum atomic E-state index is 13.4. The molecular formula is C22H19ClF6N4O2S. The lowest BCUT2D eigenvalue weighted by Crippen LogP contribution is -2.40. The highest BCUT2D eigenvalue weighted by Crippen LogP contribution is 2.38. The van der Waals surface area contributed by atoms with Crippen LogP contribution in [0.1, 0.15) is 46.7 Å². The lowest BCUT2D eigenvalue weighted by atomic mass is 9.90. The number of methoxy groups -OCH3 is 1. The number of anilines is 1. The molecule has 14 heteroatoms. The standard InChI is InChI=1S/C22H19ClF6N4O2S/c1-35-20-33-18(22(27,28)29)17(36-20)19(34)31-12-5-3-11(4-6-12)30-15-9-16(21(24,25)26)32-14-7-2-10(23)8-13(14)15/h2,7-9,11-12H,3-6H2,1H3,(H,30,32)(H,31,34)/t11-,12+. The number of thiazole rings is 1. The molecule has 0 saturated heterocycles. The third-order valence-electron chi connectivity index (χ3n) is 5.74. The van der Waals surface area contributed by atoms with E-state index >= 15 is 0 Å². The van der Waals surface area contributed by atoms with Crippen molar-refractivity contribution < 1.29 is 35.9 Å². The van der Waals surface area contributed by atoms with Crippen LogP contribution >= 0.6 is 22.9 Å². The number of alkyl halides is 6. The number of ether oxygens (including phenoxy) is 1. The van der Waals surface area contributed by atoms with E-state index in [1.54, 1.807) is 0 Å². The Hall–Kier alpha value is -2.80. The van der Waals surface area contributed by atoms with Crippen molar-refractivity contribution in [3.8, 4) is 5.19 Å². The summed E-state index contributed by atoms with van der Waals surface area (Å²) in [5, 5.41) is 6.24. The number of carbonyl (C=O) groups excluding carboxylic acids is 1. The van der Waals surface area contributed by atoms with E-state index in [0.717, 1.165) is 13.2 Å². The Kier molecular flexibility index (Phi) is 7.24. The van der Waals surface area contributed by atoms with Gasteiger partial charge >= 0.3 is 12.4 Å². The lowest BCUT2D eigenvalue weighted by molar-refractivity contribution is -0.141. The monoisotopic (exact) mass is 552 g/mol. The van der Waals surface area contributed by atoms with Crippen LogP contribution in [0.2, 0.25) is 5.02 Å². The van der Waals surface area contributed by atoms with Gasteiger partial charge in [-0.15, -0.1) is 0 Å². The fourth-order valence-corrected chi connectivity index (χ4v) is 5.03. The fourth-order valence-electron chi connectivity index (χ4n) is 4.05. The summed E-state index contributed by atoms with van der Waals surface area (Å²) < 4.78 is 84.6. The Morgan fingerprint density at radius 1 is 1.03 bits per heavy atom. The van der Waals surface area contributed by atoms with Crippen LogP contribution in [0.15, 0.2) is 24.3 Å². The molecule has 0 radical (unpaired) electrons. The highest BCUT2D eigenvalue weighted by Gasteiger charge is 2.40. The molecule has 0 unspecified atom stereocenters. The lowest BCUT2D eigenvalue weighted by Gasteiger charge is -2.30. The van der Waals surface area contributed by atoms with Gasteiger partial charge in [-0.25, -0.2) is 4.98 Å². The molecule has 1 aliphatic carbocycles. The van der Waals surface area contributed by atoms with Crippen molar-refractivity contribution in [1.29, 1.82) is 0 Å². The number of amides is 1. The molecule has 36 heavy (non-hydrogen) atoms. The number of aromatic nitrogens is 2. The first-order valence-corrected chi connectivity index (χ1v) is 11.9. The zero-order valence-corrected chi connectivity index (χ0v) is 20.1. The van der Waals surface area contributed by atoms with Crippen LogP contribution in [-0.4, -0.2) is 35.1 Å². The molecular weight excluding hydrogens is 534 g/mol. The minimum absolute atomic E-state index is 0.137. The third kappa shape index (κ3) is 5.77. The van der Waals surface area contributed by atoms with E-state index in [1.165, 1.54) is 18.2 Å². The van der Waals surface area contributed by atoms with Gasteiger partial charge in [-0.3, -0.25) is 4.79 Å². The van der Waals surface area contributed by atoms with E-state index in [-0.39, 0.29) is 22.4 Å². The normalized spacial score (nSPS) is 18.8. The van der Waals surface area contributed by atoms with Gasteiger partial charge in [-0.1, -0.05) is 22.9 Å². The number of nitrogens with one attached hydrogen (secondary N) is 2. The molecule has 1 saturated carbocycles. The largest absolute Gasteiger partial charge is 0.473 e. The number of benzene rings is 1. The highest BCUT2D eigenvalue weighted by atomic mass is 35.5. The number of rotatable bonds is 5. The molecule has 2 N–H and O–H groups in total. The Morgan fingerprint density at radius 2 is 1.69 bits per heavy atom. The summed E-state index contributed by atoms with van der Waals surface area (Å²) in [6.45, 7) is 0. The molecule has 3 aromatic rings. The Bertz CT molecular complexity index is 1270. The van der Waals surface area contributed by atoms with Gasteiger partial charge < -0.3 is 15.4 Å². The molecule has 1 aliphatic rings. The Labute approximate surface area is 210 Å². The van der Waals surface area contributed by atoms with Crippen LogP contribution in [0, 0.1) is 0 Å². The van der Waals surface area contributed by atoms with E-state index < -0.39 is 40.6 Å². The summed E-state index contributed by atoms with van der Waals surface area (Å²) >= 11 is 6.54. The van der Waals surface area contributed by atoms with Crippen LogP contribution in [0.25, 0.3) is 10.9 Å². The predicted octanol–water partition coefficient (Wildman–Crippen LogP) is 6.54. The van der Waals surface area contributed by atoms with Crippen LogP contribution in [0.4, 0.5) is 32.0 Å². The molecule has 6 nitrogen and oxygen atoms in total. The minimum atomic E-state index is -4.81. The van der Waals surface area contributed by atoms with Gasteiger partial charge in [-0.2, -0.15) is 31.3 Å². The molecule has 4 rings (SSSR count). The highest BCUT2D eigenvalue weighted by molar-refractivity contribution is 7.15. The number of hydrogen-bond acceptors (Lipinski definition) is 6. The first-order chi connectivity index (χ1) is 16.8. The molecule has 2 heterocycles. The second-order valence-corrected chi connectivity index (χ2v) is 9.64. The van der Waals surface area contributed by atoms with Gasteiger partial charge in [0.05, 0.1) is 12.6 Å². The molecule has 1 fully saturated rings. The fraction of sp³-hybridized carbons (Fsp3) is 0.409. The first kappa shape index (κ1) is 26.3. The van der Waals surface area contributed by atoms with E-state index in [9.17, 15) is 31.1 Å². The summed E-state index contributed by atoms with van der Waals surface area (Å²) in [6.07, 6.45) is -7.69. The number of fused-ring (bicyclic) bond motifs is 1. The summed E-state index contributed by atoms with van der Waals surface area (Å²) in [5.74, 6) is -0.899. The topological polar surface area (TPSA) is 76.1 Å². The average Bonchev–Trinajstić information content (AvgIpc) is 3.25. The van der Waals surface area contributed by atoms with E-state index in [1.807, 2.05) is 0 Å². The number of nitrogens with zero attached hydrogens (tertiary/aromatic N) is 2. The van der Waals surface area contributed by atoms with Crippen molar-refractivity contribution in [2.45, 2.75) is 50.1 Å². The number of halogens is 7. The molecule has 2 aromatic heterocycles. The van der Waals surface area contributed by atoms with Gasteiger partial charge in [-0.05, 0) is 49.9 Å². The van der Waals surface area contributed by atoms with Gasteiger partial charge in [0.2, 0.25) is 0 Å². The Balaban J connectivity index is 1.45. The zero-order chi connectivity index (χ0) is 26.3. The second-order valence-electron chi connectivity index (χ2n) is 8.24. The average molecular weight is 553 g/mol. The molecule has 0 atom stereocenters. The van der Waals surface area contributed by atoms with Gasteiger partial charge in [0.15, 0.2) is 5.69 Å². The van der Waals surface area contributed by atoms with Crippen molar-refractivity contribution in [3.63, 3.8) is 0 Å². The van der Waals surface area contributed by atoms with Crippen molar-refractivity contribution in [2.75, 3.05) is 12.4 Å². The SMILES string of the molecule is COc1nc(C(F)(F)F)c(C(=O)N[C@H]2CC[C@@H](Nc3cc(C(F)(F)F)nc4ccc(Cl)cc34)CC2)s1. The first-order valence-electron chi connectivity index (χ1n) is 10.7. The van der Waals surface area contributed by atoms with Crippen molar-refractivity contribution >= 4 is 45.4 Å². The number of hydrogen-bond donors (Lipinski definition) is 2. The van der Waals surface area contributed by atoms with Crippen LogP contribution in [0.3, 0.4) is 0 Å². The van der Waals surface area contributed by atoms with Crippen LogP contribution in [0.5, 0.6) is 5.19 Å². The van der Waals surface area contributed by atoms with Gasteiger partial charge in [0, 0.05) is 28.2 Å². The molecule has 194 valence electrons. The van der Waals surface area contributed by atoms with Crippen molar-refractivity contribution in [1.82, 2.24) is 15.3 Å². The molecule has 1 amide bonds. The van der Waals surface area contributed by atoms with Crippen LogP contribution in [-0.2, 0) is 12.4 Å². The van der Waals surface area contributed by atoms with E-state index in [4.69, 9.17) is 16.3 Å². The second kappa shape index (κ2) is 9.92. The van der Waals surface area contributed by atoms with Gasteiger partial charge in [0.1, 0.15) is 10.6 Å². The Morgan fingerprint density at radius 3 is 2.31 bits per heavy atom.